The molecule has 2 aliphatic rings. The topological polar surface area (TPSA) is 52.8 Å². The molecule has 202 valence electrons. The summed E-state index contributed by atoms with van der Waals surface area (Å²) in [6, 6.07) is 25.8. The second kappa shape index (κ2) is 12.8. The molecule has 3 aromatic rings. The maximum atomic E-state index is 14.0. The smallest absolute Gasteiger partial charge is 0.250 e. The van der Waals surface area contributed by atoms with Crippen molar-refractivity contribution in [2.75, 3.05) is 37.7 Å². The van der Waals surface area contributed by atoms with Gasteiger partial charge in [-0.2, -0.15) is 0 Å². The van der Waals surface area contributed by atoms with Gasteiger partial charge in [0.25, 0.3) is 0 Å². The van der Waals surface area contributed by atoms with Crippen LogP contribution in [0.1, 0.15) is 63.4 Å². The Hall–Kier alpha value is -2.89. The highest BCUT2D eigenvalue weighted by molar-refractivity contribution is 5.93. The lowest BCUT2D eigenvalue weighted by Gasteiger charge is -2.43. The molecule has 2 saturated heterocycles. The van der Waals surface area contributed by atoms with E-state index in [1.807, 2.05) is 0 Å². The highest BCUT2D eigenvalue weighted by atomic mass is 16.2. The van der Waals surface area contributed by atoms with Gasteiger partial charge in [0, 0.05) is 31.9 Å². The number of amides is 1. The lowest BCUT2D eigenvalue weighted by Crippen LogP contribution is -2.56. The van der Waals surface area contributed by atoms with Crippen LogP contribution in [0.5, 0.6) is 0 Å². The minimum Gasteiger partial charge on any atom is -0.339 e. The molecule has 0 bridgehead atoms. The lowest BCUT2D eigenvalue weighted by molar-refractivity contribution is -0.133. The van der Waals surface area contributed by atoms with Crippen LogP contribution in [0.15, 0.2) is 72.8 Å². The fraction of sp³-hybridized carbons (Fsp3) is 0.485. The van der Waals surface area contributed by atoms with Crippen LogP contribution in [0, 0.1) is 0 Å². The number of anilines is 1. The van der Waals surface area contributed by atoms with Crippen LogP contribution >= 0.6 is 0 Å². The summed E-state index contributed by atoms with van der Waals surface area (Å²) >= 11 is 0. The maximum Gasteiger partial charge on any atom is 0.250 e. The Morgan fingerprint density at radius 2 is 1.39 bits per heavy atom. The van der Waals surface area contributed by atoms with Crippen molar-refractivity contribution in [2.24, 2.45) is 5.73 Å². The molecule has 0 atom stereocenters. The Balaban J connectivity index is 1.22. The third-order valence-electron chi connectivity index (χ3n) is 8.67. The number of carbonyl (C=O) groups is 1. The summed E-state index contributed by atoms with van der Waals surface area (Å²) in [7, 11) is 0. The van der Waals surface area contributed by atoms with Gasteiger partial charge in [0.05, 0.1) is 6.67 Å². The van der Waals surface area contributed by atoms with E-state index in [0.29, 0.717) is 12.6 Å². The first-order valence-electron chi connectivity index (χ1n) is 14.7. The van der Waals surface area contributed by atoms with E-state index in [1.165, 1.54) is 54.1 Å². The van der Waals surface area contributed by atoms with Gasteiger partial charge in [0.2, 0.25) is 5.91 Å². The zero-order valence-corrected chi connectivity index (χ0v) is 22.9. The minimum atomic E-state index is -0.418. The highest BCUT2D eigenvalue weighted by Crippen LogP contribution is 2.40. The predicted molar refractivity (Wildman–Crippen MR) is 158 cm³/mol. The van der Waals surface area contributed by atoms with Crippen LogP contribution in [0.4, 0.5) is 5.69 Å². The number of piperidine rings is 1. The number of benzene rings is 3. The summed E-state index contributed by atoms with van der Waals surface area (Å²) in [5.41, 5.74) is 7.73. The van der Waals surface area contributed by atoms with Crippen molar-refractivity contribution in [3.05, 3.63) is 78.4 Å². The van der Waals surface area contributed by atoms with Crippen molar-refractivity contribution in [3.63, 3.8) is 0 Å². The number of fused-ring (bicyclic) bond motifs is 1. The number of likely N-dealkylation sites (tertiary alicyclic amines) is 1. The zero-order valence-electron chi connectivity index (χ0n) is 22.9. The first-order valence-corrected chi connectivity index (χ1v) is 14.7. The first kappa shape index (κ1) is 26.7. The molecule has 0 saturated carbocycles. The number of rotatable bonds is 12. The maximum absolute atomic E-state index is 14.0. The van der Waals surface area contributed by atoms with Gasteiger partial charge in [-0.3, -0.25) is 9.69 Å². The van der Waals surface area contributed by atoms with E-state index < -0.39 is 5.54 Å². The normalized spacial score (nSPS) is 17.7. The molecule has 5 heteroatoms. The first-order chi connectivity index (χ1) is 18.7. The van der Waals surface area contributed by atoms with Crippen molar-refractivity contribution in [1.29, 1.82) is 0 Å². The molecule has 5 rings (SSSR count). The van der Waals surface area contributed by atoms with Crippen LogP contribution in [0.3, 0.4) is 0 Å². The average molecular weight is 513 g/mol. The molecule has 2 N–H and O–H groups in total. The highest BCUT2D eigenvalue weighted by Gasteiger charge is 2.53. The number of nitrogens with two attached hydrogens (primary N) is 1. The van der Waals surface area contributed by atoms with Crippen LogP contribution in [0.25, 0.3) is 10.8 Å². The van der Waals surface area contributed by atoms with Gasteiger partial charge < -0.3 is 15.5 Å². The number of unbranched alkanes of at least 4 members (excludes halogenated alkanes) is 6. The quantitative estimate of drug-likeness (QED) is 0.295. The van der Waals surface area contributed by atoms with Crippen molar-refractivity contribution in [3.8, 4) is 0 Å². The van der Waals surface area contributed by atoms with Gasteiger partial charge in [-0.25, -0.2) is 0 Å². The summed E-state index contributed by atoms with van der Waals surface area (Å²) in [4.78, 5) is 21.1. The van der Waals surface area contributed by atoms with E-state index in [-0.39, 0.29) is 0 Å². The molecule has 1 spiro atoms. The molecule has 5 nitrogen and oxygen atoms in total. The molecule has 3 aromatic carbocycles. The van der Waals surface area contributed by atoms with E-state index in [1.54, 1.807) is 0 Å². The fourth-order valence-electron chi connectivity index (χ4n) is 6.46. The summed E-state index contributed by atoms with van der Waals surface area (Å²) in [6.07, 6.45) is 10.2. The molecule has 0 radical (unpaired) electrons. The summed E-state index contributed by atoms with van der Waals surface area (Å²) in [6.45, 7) is 5.20. The standard InChI is InChI=1S/C33H44N4O/c34-22-11-4-2-1-3-5-12-23-36-27-37(30-17-7-6-8-18-30)33(32(36)38)20-24-35(25-21-33)26-29-16-13-15-28-14-9-10-19-31(28)29/h6-10,13-19H,1-5,11-12,20-27,34H2. The second-order valence-electron chi connectivity index (χ2n) is 11.2. The van der Waals surface area contributed by atoms with Gasteiger partial charge in [-0.15, -0.1) is 0 Å². The van der Waals surface area contributed by atoms with Crippen molar-refractivity contribution < 1.29 is 4.79 Å². The van der Waals surface area contributed by atoms with E-state index in [2.05, 4.69) is 87.5 Å². The molecule has 2 fully saturated rings. The van der Waals surface area contributed by atoms with E-state index in [9.17, 15) is 4.79 Å². The van der Waals surface area contributed by atoms with Crippen molar-refractivity contribution in [1.82, 2.24) is 9.80 Å². The molecule has 0 aliphatic carbocycles. The predicted octanol–water partition coefficient (Wildman–Crippen LogP) is 6.17. The average Bonchev–Trinajstić information content (AvgIpc) is 3.23. The Morgan fingerprint density at radius 1 is 0.737 bits per heavy atom. The number of hydrogen-bond acceptors (Lipinski definition) is 4. The largest absolute Gasteiger partial charge is 0.339 e. The van der Waals surface area contributed by atoms with Crippen LogP contribution < -0.4 is 10.6 Å². The number of hydrogen-bond donors (Lipinski definition) is 1. The van der Waals surface area contributed by atoms with Gasteiger partial charge in [0.15, 0.2) is 0 Å². The Labute approximate surface area is 228 Å². The van der Waals surface area contributed by atoms with Crippen LogP contribution in [0.2, 0.25) is 0 Å². The lowest BCUT2D eigenvalue weighted by atomic mass is 9.85. The summed E-state index contributed by atoms with van der Waals surface area (Å²) in [5.74, 6) is 0.342. The number of carbonyl (C=O) groups excluding carboxylic acids is 1. The summed E-state index contributed by atoms with van der Waals surface area (Å²) < 4.78 is 0. The molecule has 0 aromatic heterocycles. The van der Waals surface area contributed by atoms with Crippen LogP contribution in [-0.2, 0) is 11.3 Å². The van der Waals surface area contributed by atoms with Gasteiger partial charge in [-0.1, -0.05) is 92.8 Å². The number of nitrogens with zero attached hydrogens (tertiary/aromatic N) is 3. The third-order valence-corrected chi connectivity index (χ3v) is 8.67. The Kier molecular flexibility index (Phi) is 8.98. The molecule has 0 unspecified atom stereocenters. The van der Waals surface area contributed by atoms with E-state index >= 15 is 0 Å². The SMILES string of the molecule is NCCCCCCCCCN1CN(c2ccccc2)C2(CCN(Cc3cccc4ccccc34)CC2)C1=O. The summed E-state index contributed by atoms with van der Waals surface area (Å²) in [5, 5.41) is 2.63. The van der Waals surface area contributed by atoms with E-state index in [4.69, 9.17) is 5.73 Å². The zero-order chi connectivity index (χ0) is 26.2. The molecular weight excluding hydrogens is 468 g/mol. The van der Waals surface area contributed by atoms with Gasteiger partial charge >= 0.3 is 0 Å². The van der Waals surface area contributed by atoms with Gasteiger partial charge in [0.1, 0.15) is 5.54 Å². The fourth-order valence-corrected chi connectivity index (χ4v) is 6.46. The van der Waals surface area contributed by atoms with Gasteiger partial charge in [-0.05, 0) is 60.7 Å². The molecular formula is C33H44N4O. The molecule has 1 amide bonds. The van der Waals surface area contributed by atoms with E-state index in [0.717, 1.165) is 58.4 Å². The van der Waals surface area contributed by atoms with Crippen molar-refractivity contribution >= 4 is 22.4 Å². The minimum absolute atomic E-state index is 0.342. The monoisotopic (exact) mass is 512 g/mol. The molecule has 38 heavy (non-hydrogen) atoms. The number of para-hydroxylation sites is 1. The Bertz CT molecular complexity index is 1170. The van der Waals surface area contributed by atoms with Crippen LogP contribution in [-0.4, -0.2) is 54.1 Å². The second-order valence-corrected chi connectivity index (χ2v) is 11.2. The Morgan fingerprint density at radius 3 is 2.16 bits per heavy atom. The third kappa shape index (κ3) is 5.89. The van der Waals surface area contributed by atoms with Crippen molar-refractivity contribution in [2.45, 2.75) is 69.9 Å². The molecule has 2 heterocycles. The molecule has 2 aliphatic heterocycles.